The maximum Gasteiger partial charge on any atom is 0.101 e. The molecule has 0 spiro atoms. The number of nitrogens with two attached hydrogens (primary N) is 1. The molecule has 17 heavy (non-hydrogen) atoms. The summed E-state index contributed by atoms with van der Waals surface area (Å²) in [5, 5.41) is 16.9. The normalized spacial score (nSPS) is 8.12. The van der Waals surface area contributed by atoms with Crippen LogP contribution in [-0.4, -0.2) is 4.98 Å². The maximum atomic E-state index is 8.45. The molecule has 0 radical (unpaired) electrons. The fraction of sp³-hybridized carbons (Fsp3) is 0. The first-order valence-electron chi connectivity index (χ1n) is 4.82. The Hall–Kier alpha value is -2.85. The maximum absolute atomic E-state index is 8.45. The molecule has 0 saturated carbocycles. The van der Waals surface area contributed by atoms with E-state index in [1.165, 1.54) is 0 Å². The van der Waals surface area contributed by atoms with Crippen molar-refractivity contribution in [3.8, 4) is 12.1 Å². The van der Waals surface area contributed by atoms with Gasteiger partial charge in [0.2, 0.25) is 0 Å². The molecule has 4 nitrogen and oxygen atoms in total. The van der Waals surface area contributed by atoms with Crippen LogP contribution in [0.1, 0.15) is 11.1 Å². The van der Waals surface area contributed by atoms with Gasteiger partial charge in [-0.2, -0.15) is 10.5 Å². The highest BCUT2D eigenvalue weighted by Crippen LogP contribution is 2.03. The summed E-state index contributed by atoms with van der Waals surface area (Å²) >= 11 is 0. The average Bonchev–Trinajstić information content (AvgIpc) is 2.40. The lowest BCUT2D eigenvalue weighted by Crippen LogP contribution is -1.81. The average molecular weight is 222 g/mol. The second kappa shape index (κ2) is 6.60. The van der Waals surface area contributed by atoms with Crippen LogP contribution in [0.25, 0.3) is 0 Å². The van der Waals surface area contributed by atoms with Gasteiger partial charge < -0.3 is 5.73 Å². The van der Waals surface area contributed by atoms with E-state index in [0.29, 0.717) is 11.1 Å². The summed E-state index contributed by atoms with van der Waals surface area (Å²) in [6.45, 7) is 0. The molecule has 0 aliphatic carbocycles. The van der Waals surface area contributed by atoms with E-state index in [1.54, 1.807) is 48.8 Å². The molecule has 2 rings (SSSR count). The van der Waals surface area contributed by atoms with Crippen molar-refractivity contribution in [1.29, 1.82) is 10.5 Å². The van der Waals surface area contributed by atoms with E-state index in [9.17, 15) is 0 Å². The zero-order valence-electron chi connectivity index (χ0n) is 9.04. The number of rotatable bonds is 0. The lowest BCUT2D eigenvalue weighted by Gasteiger charge is -1.88. The van der Waals surface area contributed by atoms with E-state index in [1.807, 2.05) is 12.1 Å². The molecule has 0 saturated heterocycles. The first-order chi connectivity index (χ1) is 8.27. The number of nitrogen functional groups attached to an aromatic ring is 1. The van der Waals surface area contributed by atoms with Crippen molar-refractivity contribution in [2.24, 2.45) is 0 Å². The topological polar surface area (TPSA) is 86.5 Å². The van der Waals surface area contributed by atoms with Gasteiger partial charge in [-0.3, -0.25) is 4.98 Å². The highest BCUT2D eigenvalue weighted by Gasteiger charge is 1.95. The van der Waals surface area contributed by atoms with Crippen LogP contribution in [-0.2, 0) is 0 Å². The van der Waals surface area contributed by atoms with Gasteiger partial charge >= 0.3 is 0 Å². The predicted molar refractivity (Wildman–Crippen MR) is 64.5 cm³/mol. The zero-order chi connectivity index (χ0) is 12.5. The number of anilines is 1. The lowest BCUT2D eigenvalue weighted by molar-refractivity contribution is 1.33. The van der Waals surface area contributed by atoms with E-state index in [4.69, 9.17) is 16.3 Å². The van der Waals surface area contributed by atoms with Crippen molar-refractivity contribution in [2.45, 2.75) is 0 Å². The van der Waals surface area contributed by atoms with Crippen molar-refractivity contribution in [3.05, 3.63) is 59.9 Å². The molecule has 82 valence electrons. The molecule has 0 atom stereocenters. The van der Waals surface area contributed by atoms with Crippen LogP contribution in [0.5, 0.6) is 0 Å². The summed E-state index contributed by atoms with van der Waals surface area (Å²) in [4.78, 5) is 3.77. The first-order valence-corrected chi connectivity index (χ1v) is 4.82. The summed E-state index contributed by atoms with van der Waals surface area (Å²) in [5.41, 5.74) is 6.95. The number of hydrogen-bond acceptors (Lipinski definition) is 4. The largest absolute Gasteiger partial charge is 0.399 e. The van der Waals surface area contributed by atoms with Crippen LogP contribution in [0.2, 0.25) is 0 Å². The predicted octanol–water partition coefficient (Wildman–Crippen LogP) is 2.09. The molecule has 4 heteroatoms. The number of nitriles is 2. The van der Waals surface area contributed by atoms with Crippen LogP contribution < -0.4 is 5.73 Å². The van der Waals surface area contributed by atoms with Crippen LogP contribution in [0.4, 0.5) is 5.69 Å². The zero-order valence-corrected chi connectivity index (χ0v) is 9.04. The molecule has 1 aromatic heterocycles. The number of hydrogen-bond donors (Lipinski definition) is 1. The number of pyridine rings is 1. The third kappa shape index (κ3) is 4.03. The minimum Gasteiger partial charge on any atom is -0.399 e. The molecule has 1 aromatic carbocycles. The molecule has 2 N–H and O–H groups in total. The van der Waals surface area contributed by atoms with E-state index in [-0.39, 0.29) is 0 Å². The Morgan fingerprint density at radius 1 is 0.882 bits per heavy atom. The summed E-state index contributed by atoms with van der Waals surface area (Å²) < 4.78 is 0. The van der Waals surface area contributed by atoms with Crippen molar-refractivity contribution in [2.75, 3.05) is 5.73 Å². The Morgan fingerprint density at radius 3 is 1.65 bits per heavy atom. The number of nitrogens with zero attached hydrogens (tertiary/aromatic N) is 3. The van der Waals surface area contributed by atoms with E-state index < -0.39 is 0 Å². The fourth-order valence-corrected chi connectivity index (χ4v) is 1.04. The van der Waals surface area contributed by atoms with Crippen molar-refractivity contribution in [3.63, 3.8) is 0 Å². The van der Waals surface area contributed by atoms with Gasteiger partial charge in [-0.05, 0) is 24.3 Å². The number of aromatic nitrogens is 1. The van der Waals surface area contributed by atoms with Gasteiger partial charge in [0.1, 0.15) is 12.1 Å². The molecule has 0 unspecified atom stereocenters. The monoisotopic (exact) mass is 222 g/mol. The summed E-state index contributed by atoms with van der Waals surface area (Å²) in [7, 11) is 0. The van der Waals surface area contributed by atoms with Gasteiger partial charge in [-0.25, -0.2) is 0 Å². The smallest absolute Gasteiger partial charge is 0.101 e. The van der Waals surface area contributed by atoms with Crippen LogP contribution in [0.15, 0.2) is 48.8 Å². The Bertz CT molecular complexity index is 517. The van der Waals surface area contributed by atoms with E-state index in [0.717, 1.165) is 5.69 Å². The highest BCUT2D eigenvalue weighted by atomic mass is 14.6. The Labute approximate surface area is 99.6 Å². The fourth-order valence-electron chi connectivity index (χ4n) is 1.04. The Morgan fingerprint density at radius 2 is 1.35 bits per heavy atom. The van der Waals surface area contributed by atoms with E-state index >= 15 is 0 Å². The second-order valence-electron chi connectivity index (χ2n) is 3.05. The van der Waals surface area contributed by atoms with Gasteiger partial charge in [0.15, 0.2) is 0 Å². The molecular formula is C13H10N4. The molecule has 0 aliphatic rings. The van der Waals surface area contributed by atoms with Gasteiger partial charge in [0, 0.05) is 18.1 Å². The summed E-state index contributed by atoms with van der Waals surface area (Å²) in [6, 6.07) is 14.1. The molecule has 0 aliphatic heterocycles. The summed E-state index contributed by atoms with van der Waals surface area (Å²) in [6.07, 6.45) is 3.32. The van der Waals surface area contributed by atoms with Gasteiger partial charge in [0.05, 0.1) is 11.1 Å². The Kier molecular flexibility index (Phi) is 4.74. The van der Waals surface area contributed by atoms with Crippen LogP contribution in [0, 0.1) is 22.7 Å². The van der Waals surface area contributed by atoms with E-state index in [2.05, 4.69) is 4.98 Å². The third-order valence-corrected chi connectivity index (χ3v) is 1.87. The van der Waals surface area contributed by atoms with Gasteiger partial charge in [0.25, 0.3) is 0 Å². The first kappa shape index (κ1) is 12.2. The lowest BCUT2D eigenvalue weighted by atomic mass is 10.1. The van der Waals surface area contributed by atoms with Crippen LogP contribution >= 0.6 is 0 Å². The molecule has 1 heterocycles. The molecule has 0 fully saturated rings. The highest BCUT2D eigenvalue weighted by molar-refractivity contribution is 5.44. The Balaban J connectivity index is 0.000000181. The minimum atomic E-state index is 0.435. The molecular weight excluding hydrogens is 212 g/mol. The molecule has 2 aromatic rings. The third-order valence-electron chi connectivity index (χ3n) is 1.87. The van der Waals surface area contributed by atoms with Gasteiger partial charge in [-0.1, -0.05) is 12.1 Å². The van der Waals surface area contributed by atoms with Crippen molar-refractivity contribution >= 4 is 5.69 Å². The standard InChI is InChI=1S/C8H4N2.C5H6N2/c9-5-7-3-1-2-4-8(7)6-10;6-5-1-3-7-4-2-5/h1-4H;1-4H,(H2,6,7). The minimum absolute atomic E-state index is 0.435. The van der Waals surface area contributed by atoms with Crippen LogP contribution in [0.3, 0.4) is 0 Å². The molecule has 0 bridgehead atoms. The van der Waals surface area contributed by atoms with Crippen molar-refractivity contribution in [1.82, 2.24) is 4.98 Å². The number of benzene rings is 1. The summed E-state index contributed by atoms with van der Waals surface area (Å²) in [5.74, 6) is 0. The molecule has 0 amide bonds. The quantitative estimate of drug-likeness (QED) is 0.739. The van der Waals surface area contributed by atoms with Crippen molar-refractivity contribution < 1.29 is 0 Å². The SMILES string of the molecule is N#Cc1ccccc1C#N.Nc1ccncc1. The van der Waals surface area contributed by atoms with Gasteiger partial charge in [-0.15, -0.1) is 0 Å². The second-order valence-corrected chi connectivity index (χ2v) is 3.05.